The number of ketones is 1. The number of hydrogen-bond acceptors (Lipinski definition) is 2. The van der Waals surface area contributed by atoms with Crippen LogP contribution in [0.5, 0.6) is 0 Å². The first-order chi connectivity index (χ1) is 11.7. The summed E-state index contributed by atoms with van der Waals surface area (Å²) in [6.07, 6.45) is 10.7. The van der Waals surface area contributed by atoms with Crippen molar-refractivity contribution in [2.45, 2.75) is 84.2 Å². The molecule has 0 spiro atoms. The highest BCUT2D eigenvalue weighted by Crippen LogP contribution is 2.68. The summed E-state index contributed by atoms with van der Waals surface area (Å²) in [5, 5.41) is 11.1. The third kappa shape index (κ3) is 2.70. The number of aliphatic hydroxyl groups is 1. The molecule has 1 N–H and O–H groups in total. The Kier molecular flexibility index (Phi) is 4.47. The second-order valence-electron chi connectivity index (χ2n) is 10.6. The normalized spacial score (nSPS) is 55.2. The zero-order chi connectivity index (χ0) is 18.0. The van der Waals surface area contributed by atoms with E-state index < -0.39 is 5.60 Å². The fourth-order valence-corrected chi connectivity index (χ4v) is 8.44. The van der Waals surface area contributed by atoms with Crippen LogP contribution in [0.2, 0.25) is 0 Å². The molecule has 4 aliphatic carbocycles. The van der Waals surface area contributed by atoms with Gasteiger partial charge in [-0.25, -0.2) is 0 Å². The Morgan fingerprint density at radius 1 is 0.960 bits per heavy atom. The Hall–Kier alpha value is 0.110. The molecule has 25 heavy (non-hydrogen) atoms. The predicted molar refractivity (Wildman–Crippen MR) is 105 cm³/mol. The molecule has 0 unspecified atom stereocenters. The maximum absolute atomic E-state index is 12.5. The van der Waals surface area contributed by atoms with Crippen molar-refractivity contribution in [1.82, 2.24) is 0 Å². The molecule has 0 aromatic heterocycles. The average molecular weight is 411 g/mol. The molecule has 0 saturated heterocycles. The van der Waals surface area contributed by atoms with E-state index in [4.69, 9.17) is 0 Å². The fourth-order valence-electron chi connectivity index (χ4n) is 8.05. The first kappa shape index (κ1) is 18.5. The number of halogens is 1. The van der Waals surface area contributed by atoms with Gasteiger partial charge >= 0.3 is 0 Å². The van der Waals surface area contributed by atoms with Gasteiger partial charge in [0.1, 0.15) is 5.78 Å². The number of Topliss-reactive ketones (excluding diaryl/α,β-unsaturated/α-hetero) is 1. The zero-order valence-corrected chi connectivity index (χ0v) is 17.8. The fraction of sp³-hybridized carbons (Fsp3) is 0.955. The highest BCUT2D eigenvalue weighted by Gasteiger charge is 2.61. The molecule has 0 heterocycles. The van der Waals surface area contributed by atoms with Gasteiger partial charge in [-0.05, 0) is 99.2 Å². The number of carbonyl (C=O) groups excluding carboxylic acids is 1. The second kappa shape index (κ2) is 6.06. The third-order valence-electron chi connectivity index (χ3n) is 9.47. The Morgan fingerprint density at radius 2 is 1.68 bits per heavy atom. The van der Waals surface area contributed by atoms with Crippen LogP contribution < -0.4 is 0 Å². The van der Waals surface area contributed by atoms with Gasteiger partial charge in [0.25, 0.3) is 0 Å². The van der Waals surface area contributed by atoms with Crippen molar-refractivity contribution in [2.75, 3.05) is 5.33 Å². The van der Waals surface area contributed by atoms with Crippen LogP contribution >= 0.6 is 15.9 Å². The van der Waals surface area contributed by atoms with Crippen molar-refractivity contribution in [3.05, 3.63) is 0 Å². The summed E-state index contributed by atoms with van der Waals surface area (Å²) < 4.78 is 0. The molecule has 0 aliphatic heterocycles. The van der Waals surface area contributed by atoms with Crippen molar-refractivity contribution < 1.29 is 9.90 Å². The van der Waals surface area contributed by atoms with E-state index in [-0.39, 0.29) is 11.3 Å². The maximum Gasteiger partial charge on any atom is 0.147 e. The van der Waals surface area contributed by atoms with Crippen molar-refractivity contribution in [3.8, 4) is 0 Å². The van der Waals surface area contributed by atoms with Gasteiger partial charge in [0.2, 0.25) is 0 Å². The molecule has 8 atom stereocenters. The van der Waals surface area contributed by atoms with Crippen LogP contribution in [0.15, 0.2) is 0 Å². The van der Waals surface area contributed by atoms with Crippen LogP contribution in [0, 0.1) is 40.4 Å². The standard InChI is InChI=1S/C22H35BrO2/c1-20(25)10-11-21(2)14(12-20)4-5-15-16-6-7-18(19(24)13-23)22(16,3)9-8-17(15)21/h14-18,25H,4-13H2,1-3H3/t14-,15+,16+,17-,18-,20-,21-,22+/m1/s1. The van der Waals surface area contributed by atoms with Crippen molar-refractivity contribution in [2.24, 2.45) is 40.4 Å². The van der Waals surface area contributed by atoms with Gasteiger partial charge < -0.3 is 5.11 Å². The number of alkyl halides is 1. The number of carbonyl (C=O) groups is 1. The lowest BCUT2D eigenvalue weighted by atomic mass is 9.44. The van der Waals surface area contributed by atoms with E-state index in [1.807, 2.05) is 6.92 Å². The molecular formula is C22H35BrO2. The quantitative estimate of drug-likeness (QED) is 0.621. The van der Waals surface area contributed by atoms with Crippen LogP contribution in [0.1, 0.15) is 78.6 Å². The van der Waals surface area contributed by atoms with Crippen LogP contribution in [0.25, 0.3) is 0 Å². The monoisotopic (exact) mass is 410 g/mol. The van der Waals surface area contributed by atoms with Crippen molar-refractivity contribution >= 4 is 21.7 Å². The van der Waals surface area contributed by atoms with Gasteiger partial charge in [0.05, 0.1) is 10.9 Å². The van der Waals surface area contributed by atoms with E-state index in [1.54, 1.807) is 0 Å². The Bertz CT molecular complexity index is 558. The van der Waals surface area contributed by atoms with E-state index in [0.29, 0.717) is 22.4 Å². The predicted octanol–water partition coefficient (Wildman–Crippen LogP) is 5.36. The topological polar surface area (TPSA) is 37.3 Å². The van der Waals surface area contributed by atoms with Crippen LogP contribution in [-0.2, 0) is 4.79 Å². The lowest BCUT2D eigenvalue weighted by Crippen LogP contribution is -2.55. The molecule has 3 heteroatoms. The van der Waals surface area contributed by atoms with Gasteiger partial charge in [-0.2, -0.15) is 0 Å². The molecule has 0 bridgehead atoms. The lowest BCUT2D eigenvalue weighted by molar-refractivity contribution is -0.150. The SMILES string of the molecule is C[C@@]1(O)CC[C@]2(C)[C@H](CC[C@@H]3[C@H]2CC[C@]2(C)[C@@H](C(=O)CBr)CC[C@@H]32)C1. The summed E-state index contributed by atoms with van der Waals surface area (Å²) in [5.41, 5.74) is 0.223. The molecular weight excluding hydrogens is 376 g/mol. The Labute approximate surface area is 161 Å². The summed E-state index contributed by atoms with van der Waals surface area (Å²) in [6, 6.07) is 0. The van der Waals surface area contributed by atoms with Gasteiger partial charge in [-0.1, -0.05) is 29.8 Å². The largest absolute Gasteiger partial charge is 0.390 e. The van der Waals surface area contributed by atoms with Gasteiger partial charge in [0.15, 0.2) is 0 Å². The van der Waals surface area contributed by atoms with Crippen LogP contribution in [0.3, 0.4) is 0 Å². The maximum atomic E-state index is 12.5. The van der Waals surface area contributed by atoms with E-state index in [2.05, 4.69) is 29.8 Å². The first-order valence-electron chi connectivity index (χ1n) is 10.5. The van der Waals surface area contributed by atoms with Gasteiger partial charge in [0, 0.05) is 5.92 Å². The molecule has 0 radical (unpaired) electrons. The summed E-state index contributed by atoms with van der Waals surface area (Å²) >= 11 is 3.43. The molecule has 4 aliphatic rings. The van der Waals surface area contributed by atoms with Gasteiger partial charge in [-0.15, -0.1) is 0 Å². The molecule has 2 nitrogen and oxygen atoms in total. The van der Waals surface area contributed by atoms with E-state index in [1.165, 1.54) is 38.5 Å². The number of hydrogen-bond donors (Lipinski definition) is 1. The van der Waals surface area contributed by atoms with E-state index in [0.717, 1.165) is 37.0 Å². The minimum Gasteiger partial charge on any atom is -0.390 e. The summed E-state index contributed by atoms with van der Waals surface area (Å²) in [4.78, 5) is 12.5. The Balaban J connectivity index is 1.59. The Morgan fingerprint density at radius 3 is 2.40 bits per heavy atom. The highest BCUT2D eigenvalue weighted by molar-refractivity contribution is 9.09. The number of fused-ring (bicyclic) bond motifs is 5. The van der Waals surface area contributed by atoms with Crippen LogP contribution in [0.4, 0.5) is 0 Å². The molecule has 0 amide bonds. The minimum atomic E-state index is -0.444. The van der Waals surface area contributed by atoms with Crippen LogP contribution in [-0.4, -0.2) is 21.8 Å². The third-order valence-corrected chi connectivity index (χ3v) is 10.0. The number of rotatable bonds is 2. The second-order valence-corrected chi connectivity index (χ2v) is 11.2. The smallest absolute Gasteiger partial charge is 0.147 e. The molecule has 4 saturated carbocycles. The van der Waals surface area contributed by atoms with E-state index >= 15 is 0 Å². The minimum absolute atomic E-state index is 0.245. The zero-order valence-electron chi connectivity index (χ0n) is 16.2. The van der Waals surface area contributed by atoms with Crippen molar-refractivity contribution in [1.29, 1.82) is 0 Å². The molecule has 0 aromatic carbocycles. The molecule has 4 rings (SSSR count). The molecule has 142 valence electrons. The molecule has 0 aromatic rings. The van der Waals surface area contributed by atoms with Gasteiger partial charge in [-0.3, -0.25) is 4.79 Å². The lowest BCUT2D eigenvalue weighted by Gasteiger charge is -2.61. The van der Waals surface area contributed by atoms with E-state index in [9.17, 15) is 9.90 Å². The average Bonchev–Trinajstić information content (AvgIpc) is 2.92. The first-order valence-corrected chi connectivity index (χ1v) is 11.6. The molecule has 4 fully saturated rings. The summed E-state index contributed by atoms with van der Waals surface area (Å²) in [6.45, 7) is 7.03. The highest BCUT2D eigenvalue weighted by atomic mass is 79.9. The van der Waals surface area contributed by atoms with Crippen molar-refractivity contribution in [3.63, 3.8) is 0 Å². The summed E-state index contributed by atoms with van der Waals surface area (Å²) in [7, 11) is 0. The summed E-state index contributed by atoms with van der Waals surface area (Å²) in [5.74, 6) is 3.81.